The Morgan fingerprint density at radius 3 is 2.77 bits per heavy atom. The Morgan fingerprint density at radius 1 is 1.46 bits per heavy atom. The summed E-state index contributed by atoms with van der Waals surface area (Å²) in [5, 5.41) is 8.87. The third kappa shape index (κ3) is 1.44. The van der Waals surface area contributed by atoms with Gasteiger partial charge >= 0.3 is 0 Å². The van der Waals surface area contributed by atoms with Crippen LogP contribution in [0.15, 0.2) is 23.8 Å². The number of carbonyl (C=O) groups is 1. The molecule has 0 bridgehead atoms. The first kappa shape index (κ1) is 8.62. The van der Waals surface area contributed by atoms with Crippen molar-refractivity contribution < 1.29 is 19.4 Å². The normalized spacial score (nSPS) is 25.3. The first-order valence-corrected chi connectivity index (χ1v) is 4.10. The first-order valence-electron chi connectivity index (χ1n) is 4.10. The lowest BCUT2D eigenvalue weighted by Gasteiger charge is -2.23. The van der Waals surface area contributed by atoms with Crippen LogP contribution in [-0.2, 0) is 14.3 Å². The minimum atomic E-state index is -0.897. The predicted molar refractivity (Wildman–Crippen MR) is 44.0 cm³/mol. The lowest BCUT2D eigenvalue weighted by Crippen LogP contribution is -2.29. The second-order valence-corrected chi connectivity index (χ2v) is 2.94. The van der Waals surface area contributed by atoms with Crippen LogP contribution in [0.5, 0.6) is 0 Å². The van der Waals surface area contributed by atoms with Gasteiger partial charge in [-0.3, -0.25) is 4.79 Å². The van der Waals surface area contributed by atoms with E-state index in [0.717, 1.165) is 0 Å². The summed E-state index contributed by atoms with van der Waals surface area (Å²) in [6, 6.07) is 0. The second-order valence-electron chi connectivity index (χ2n) is 2.94. The first-order chi connectivity index (χ1) is 6.26. The van der Waals surface area contributed by atoms with Gasteiger partial charge in [-0.05, 0) is 18.2 Å². The number of allylic oxidation sites excluding steroid dienone is 1. The number of rotatable bonds is 1. The standard InChI is InChI=1S/C9H10O4/c10-6-7-5-9(2-1-8(7)11)12-3-4-13-9/h1-2,5,10H,3-4,6H2. The molecular weight excluding hydrogens is 172 g/mol. The zero-order valence-electron chi connectivity index (χ0n) is 7.03. The van der Waals surface area contributed by atoms with E-state index in [9.17, 15) is 4.79 Å². The smallest absolute Gasteiger partial charge is 0.209 e. The second kappa shape index (κ2) is 3.06. The highest BCUT2D eigenvalue weighted by Crippen LogP contribution is 2.27. The fourth-order valence-electron chi connectivity index (χ4n) is 1.41. The molecular formula is C9H10O4. The lowest BCUT2D eigenvalue weighted by atomic mass is 10.0. The summed E-state index contributed by atoms with van der Waals surface area (Å²) in [6.45, 7) is 0.735. The topological polar surface area (TPSA) is 55.8 Å². The number of ketones is 1. The van der Waals surface area contributed by atoms with Crippen molar-refractivity contribution in [3.63, 3.8) is 0 Å². The van der Waals surface area contributed by atoms with Crippen molar-refractivity contribution >= 4 is 5.78 Å². The molecule has 0 aromatic rings. The van der Waals surface area contributed by atoms with Crippen molar-refractivity contribution in [2.24, 2.45) is 0 Å². The van der Waals surface area contributed by atoms with Crippen molar-refractivity contribution in [3.05, 3.63) is 23.8 Å². The molecule has 2 rings (SSSR count). The lowest BCUT2D eigenvalue weighted by molar-refractivity contribution is -0.114. The molecule has 1 fully saturated rings. The summed E-state index contributed by atoms with van der Waals surface area (Å²) in [4.78, 5) is 11.1. The molecule has 0 saturated carbocycles. The molecule has 13 heavy (non-hydrogen) atoms. The summed E-state index contributed by atoms with van der Waals surface area (Å²) < 4.78 is 10.6. The van der Waals surface area contributed by atoms with Crippen LogP contribution in [0.3, 0.4) is 0 Å². The highest BCUT2D eigenvalue weighted by molar-refractivity contribution is 6.05. The van der Waals surface area contributed by atoms with Crippen LogP contribution < -0.4 is 0 Å². The maximum absolute atomic E-state index is 11.1. The SMILES string of the molecule is O=C1C=CC2(C=C1CO)OCCO2. The van der Waals surface area contributed by atoms with E-state index in [1.54, 1.807) is 6.08 Å². The number of aliphatic hydroxyl groups excluding tert-OH is 1. The zero-order chi connectivity index (χ0) is 9.31. The average molecular weight is 182 g/mol. The van der Waals surface area contributed by atoms with Gasteiger partial charge in [0.15, 0.2) is 5.78 Å². The van der Waals surface area contributed by atoms with Gasteiger partial charge in [0.05, 0.1) is 19.8 Å². The van der Waals surface area contributed by atoms with Crippen molar-refractivity contribution in [3.8, 4) is 0 Å². The maximum atomic E-state index is 11.1. The molecule has 1 aliphatic carbocycles. The Labute approximate surface area is 75.5 Å². The van der Waals surface area contributed by atoms with E-state index < -0.39 is 5.79 Å². The highest BCUT2D eigenvalue weighted by Gasteiger charge is 2.35. The van der Waals surface area contributed by atoms with Gasteiger partial charge in [-0.25, -0.2) is 0 Å². The Balaban J connectivity index is 2.28. The van der Waals surface area contributed by atoms with E-state index in [2.05, 4.69) is 0 Å². The van der Waals surface area contributed by atoms with E-state index in [4.69, 9.17) is 14.6 Å². The van der Waals surface area contributed by atoms with Crippen molar-refractivity contribution in [2.45, 2.75) is 5.79 Å². The van der Waals surface area contributed by atoms with Crippen LogP contribution in [0.4, 0.5) is 0 Å². The third-order valence-corrected chi connectivity index (χ3v) is 2.07. The Bertz CT molecular complexity index is 284. The molecule has 4 heteroatoms. The molecule has 2 aliphatic rings. The minimum absolute atomic E-state index is 0.188. The minimum Gasteiger partial charge on any atom is -0.392 e. The Kier molecular flexibility index (Phi) is 2.03. The molecule has 0 aromatic carbocycles. The van der Waals surface area contributed by atoms with Crippen LogP contribution in [0, 0.1) is 0 Å². The third-order valence-electron chi connectivity index (χ3n) is 2.07. The number of hydrogen-bond acceptors (Lipinski definition) is 4. The van der Waals surface area contributed by atoms with Crippen LogP contribution in [0.1, 0.15) is 0 Å². The van der Waals surface area contributed by atoms with Crippen molar-refractivity contribution in [1.29, 1.82) is 0 Å². The molecule has 1 heterocycles. The molecule has 0 radical (unpaired) electrons. The summed E-state index contributed by atoms with van der Waals surface area (Å²) in [7, 11) is 0. The summed E-state index contributed by atoms with van der Waals surface area (Å²) >= 11 is 0. The fraction of sp³-hybridized carbons (Fsp3) is 0.444. The summed E-state index contributed by atoms with van der Waals surface area (Å²) in [5.41, 5.74) is 0.324. The Hall–Kier alpha value is -0.970. The molecule has 70 valence electrons. The molecule has 0 atom stereocenters. The fourth-order valence-corrected chi connectivity index (χ4v) is 1.41. The molecule has 0 aromatic heterocycles. The van der Waals surface area contributed by atoms with E-state index in [-0.39, 0.29) is 12.4 Å². The van der Waals surface area contributed by atoms with Crippen LogP contribution >= 0.6 is 0 Å². The zero-order valence-corrected chi connectivity index (χ0v) is 7.03. The van der Waals surface area contributed by atoms with Crippen LogP contribution in [0.2, 0.25) is 0 Å². The van der Waals surface area contributed by atoms with Gasteiger partial charge in [-0.2, -0.15) is 0 Å². The molecule has 1 saturated heterocycles. The monoisotopic (exact) mass is 182 g/mol. The highest BCUT2D eigenvalue weighted by atomic mass is 16.7. The van der Waals surface area contributed by atoms with E-state index >= 15 is 0 Å². The molecule has 1 aliphatic heterocycles. The van der Waals surface area contributed by atoms with Crippen LogP contribution in [-0.4, -0.2) is 36.5 Å². The maximum Gasteiger partial charge on any atom is 0.209 e. The Morgan fingerprint density at radius 2 is 2.15 bits per heavy atom. The number of carbonyl (C=O) groups excluding carboxylic acids is 1. The van der Waals surface area contributed by atoms with E-state index in [1.807, 2.05) is 0 Å². The molecule has 1 N–H and O–H groups in total. The molecule has 1 spiro atoms. The van der Waals surface area contributed by atoms with Gasteiger partial charge in [-0.1, -0.05) is 0 Å². The van der Waals surface area contributed by atoms with E-state index in [1.165, 1.54) is 12.2 Å². The summed E-state index contributed by atoms with van der Waals surface area (Å²) in [6.07, 6.45) is 4.47. The molecule has 0 amide bonds. The van der Waals surface area contributed by atoms with Gasteiger partial charge in [0.25, 0.3) is 0 Å². The molecule has 4 nitrogen and oxygen atoms in total. The van der Waals surface area contributed by atoms with Gasteiger partial charge in [0.2, 0.25) is 5.79 Å². The largest absolute Gasteiger partial charge is 0.392 e. The van der Waals surface area contributed by atoms with Crippen LogP contribution in [0.25, 0.3) is 0 Å². The van der Waals surface area contributed by atoms with Crippen molar-refractivity contribution in [1.82, 2.24) is 0 Å². The average Bonchev–Trinajstić information content (AvgIpc) is 2.59. The number of ether oxygens (including phenoxy) is 2. The number of aliphatic hydroxyl groups is 1. The quantitative estimate of drug-likeness (QED) is 0.609. The van der Waals surface area contributed by atoms with Gasteiger partial charge in [0.1, 0.15) is 0 Å². The molecule has 0 unspecified atom stereocenters. The van der Waals surface area contributed by atoms with Gasteiger partial charge in [0, 0.05) is 5.57 Å². The number of hydrogen-bond donors (Lipinski definition) is 1. The van der Waals surface area contributed by atoms with E-state index in [0.29, 0.717) is 18.8 Å². The summed E-state index contributed by atoms with van der Waals surface area (Å²) in [5.74, 6) is -1.08. The predicted octanol–water partition coefficient (Wildman–Crippen LogP) is -0.213. The van der Waals surface area contributed by atoms with Gasteiger partial charge < -0.3 is 14.6 Å². The van der Waals surface area contributed by atoms with Gasteiger partial charge in [-0.15, -0.1) is 0 Å². The van der Waals surface area contributed by atoms with Crippen molar-refractivity contribution in [2.75, 3.05) is 19.8 Å².